The number of carbonyl (C=O) groups is 4. The summed E-state index contributed by atoms with van der Waals surface area (Å²) < 4.78 is 12.2. The predicted molar refractivity (Wildman–Crippen MR) is 129 cm³/mol. The number of amides is 1. The summed E-state index contributed by atoms with van der Waals surface area (Å²) in [5, 5.41) is 12.2. The zero-order valence-electron chi connectivity index (χ0n) is 19.8. The van der Waals surface area contributed by atoms with Crippen molar-refractivity contribution in [2.45, 2.75) is 51.9 Å². The van der Waals surface area contributed by atoms with Crippen molar-refractivity contribution < 1.29 is 33.8 Å². The number of esters is 1. The molecule has 184 valence electrons. The average Bonchev–Trinajstić information content (AvgIpc) is 3.14. The van der Waals surface area contributed by atoms with Gasteiger partial charge in [0.1, 0.15) is 18.2 Å². The molecule has 1 unspecified atom stereocenters. The van der Waals surface area contributed by atoms with Gasteiger partial charge in [-0.05, 0) is 43.5 Å². The van der Waals surface area contributed by atoms with Gasteiger partial charge in [-0.3, -0.25) is 14.2 Å². The van der Waals surface area contributed by atoms with Gasteiger partial charge in [0.05, 0.1) is 11.9 Å². The zero-order valence-corrected chi connectivity index (χ0v) is 19.8. The molecule has 9 nitrogen and oxygen atoms in total. The average molecular weight is 481 g/mol. The van der Waals surface area contributed by atoms with Crippen molar-refractivity contribution in [2.75, 3.05) is 0 Å². The molecule has 3 aromatic rings. The fourth-order valence-corrected chi connectivity index (χ4v) is 3.57. The molecule has 1 heterocycles. The Kier molecular flexibility index (Phi) is 7.91. The van der Waals surface area contributed by atoms with Crippen molar-refractivity contribution in [1.82, 2.24) is 9.88 Å². The lowest BCUT2D eigenvalue weighted by atomic mass is 10.0. The zero-order chi connectivity index (χ0) is 25.6. The molecule has 0 bridgehead atoms. The van der Waals surface area contributed by atoms with Crippen LogP contribution in [0, 0.1) is 0 Å². The van der Waals surface area contributed by atoms with Gasteiger partial charge in [-0.1, -0.05) is 42.5 Å². The van der Waals surface area contributed by atoms with Crippen molar-refractivity contribution in [2.24, 2.45) is 0 Å². The smallest absolute Gasteiger partial charge is 0.408 e. The van der Waals surface area contributed by atoms with Crippen LogP contribution in [0.5, 0.6) is 0 Å². The number of carboxylic acid groups (broad SMARTS) is 1. The third-order valence-electron chi connectivity index (χ3n) is 5.10. The molecule has 0 fully saturated rings. The molecule has 0 radical (unpaired) electrons. The molecule has 2 aromatic carbocycles. The molecule has 2 N–H and O–H groups in total. The minimum atomic E-state index is -1.07. The molecule has 1 atom stereocenters. The monoisotopic (exact) mass is 480 g/mol. The van der Waals surface area contributed by atoms with E-state index < -0.39 is 29.7 Å². The first-order chi connectivity index (χ1) is 16.6. The summed E-state index contributed by atoms with van der Waals surface area (Å²) in [4.78, 5) is 47.8. The lowest BCUT2D eigenvalue weighted by Crippen LogP contribution is -2.45. The quantitative estimate of drug-likeness (QED) is 0.355. The SMILES string of the molecule is CC(C)(C)OC(=O)NC(Cc1cn(C=O)c2ccccc12)C(=O)OCc1ccc(CC(=O)O)cc1. The Balaban J connectivity index is 1.77. The Labute approximate surface area is 202 Å². The van der Waals surface area contributed by atoms with E-state index in [2.05, 4.69) is 5.32 Å². The number of aliphatic carboxylic acids is 1. The van der Waals surface area contributed by atoms with Crippen molar-refractivity contribution in [1.29, 1.82) is 0 Å². The van der Waals surface area contributed by atoms with Crippen LogP contribution < -0.4 is 5.32 Å². The molecule has 1 amide bonds. The standard InChI is InChI=1S/C26H28N2O7/c1-26(2,3)35-25(33)27-21(13-19-14-28(16-29)22-7-5-4-6-20(19)22)24(32)34-15-18-10-8-17(9-11-18)12-23(30)31/h4-11,14,16,21H,12-13,15H2,1-3H3,(H,27,33)(H,30,31). The number of fused-ring (bicyclic) bond motifs is 1. The van der Waals surface area contributed by atoms with Crippen molar-refractivity contribution >= 4 is 35.3 Å². The van der Waals surface area contributed by atoms with Gasteiger partial charge in [-0.15, -0.1) is 0 Å². The van der Waals surface area contributed by atoms with Crippen LogP contribution in [0.3, 0.4) is 0 Å². The molecule has 0 saturated carbocycles. The first kappa shape index (κ1) is 25.5. The number of para-hydroxylation sites is 1. The third kappa shape index (κ3) is 7.17. The summed E-state index contributed by atoms with van der Waals surface area (Å²) in [6.45, 7) is 5.08. The fourth-order valence-electron chi connectivity index (χ4n) is 3.57. The Bertz CT molecular complexity index is 1220. The summed E-state index contributed by atoms with van der Waals surface area (Å²) in [6.07, 6.45) is 1.51. The molecule has 0 spiro atoms. The minimum absolute atomic E-state index is 0.0607. The lowest BCUT2D eigenvalue weighted by molar-refractivity contribution is -0.147. The highest BCUT2D eigenvalue weighted by Crippen LogP contribution is 2.22. The van der Waals surface area contributed by atoms with E-state index in [4.69, 9.17) is 14.6 Å². The maximum absolute atomic E-state index is 13.0. The molecule has 0 aliphatic heterocycles. The summed E-state index contributed by atoms with van der Waals surface area (Å²) in [5.74, 6) is -1.61. The minimum Gasteiger partial charge on any atom is -0.481 e. The second kappa shape index (κ2) is 10.9. The molecular weight excluding hydrogens is 452 g/mol. The molecule has 0 saturated heterocycles. The molecule has 35 heavy (non-hydrogen) atoms. The van der Waals surface area contributed by atoms with Crippen LogP contribution in [-0.2, 0) is 43.3 Å². The van der Waals surface area contributed by atoms with Crippen LogP contribution >= 0.6 is 0 Å². The van der Waals surface area contributed by atoms with Crippen LogP contribution in [0.2, 0.25) is 0 Å². The summed E-state index contributed by atoms with van der Waals surface area (Å²) >= 11 is 0. The highest BCUT2D eigenvalue weighted by atomic mass is 16.6. The Hall–Kier alpha value is -4.14. The van der Waals surface area contributed by atoms with Crippen LogP contribution in [0.4, 0.5) is 4.79 Å². The summed E-state index contributed by atoms with van der Waals surface area (Å²) in [5.41, 5.74) is 1.90. The lowest BCUT2D eigenvalue weighted by Gasteiger charge is -2.23. The number of nitrogens with zero attached hydrogens (tertiary/aromatic N) is 1. The number of ether oxygens (including phenoxy) is 2. The van der Waals surface area contributed by atoms with E-state index >= 15 is 0 Å². The van der Waals surface area contributed by atoms with Gasteiger partial charge in [0.25, 0.3) is 0 Å². The van der Waals surface area contributed by atoms with Crippen molar-refractivity contribution in [3.8, 4) is 0 Å². The number of hydrogen-bond acceptors (Lipinski definition) is 6. The first-order valence-corrected chi connectivity index (χ1v) is 11.0. The predicted octanol–water partition coefficient (Wildman–Crippen LogP) is 3.49. The normalized spacial score (nSPS) is 12.1. The fraction of sp³-hybridized carbons (Fsp3) is 0.308. The molecular formula is C26H28N2O7. The Morgan fingerprint density at radius 1 is 1.06 bits per heavy atom. The van der Waals surface area contributed by atoms with Gasteiger partial charge in [0.2, 0.25) is 6.41 Å². The van der Waals surface area contributed by atoms with E-state index in [-0.39, 0.29) is 19.4 Å². The van der Waals surface area contributed by atoms with Crippen molar-refractivity contribution in [3.05, 3.63) is 71.4 Å². The van der Waals surface area contributed by atoms with Crippen LogP contribution in [0.15, 0.2) is 54.7 Å². The van der Waals surface area contributed by atoms with Crippen molar-refractivity contribution in [3.63, 3.8) is 0 Å². The maximum atomic E-state index is 13.0. The van der Waals surface area contributed by atoms with Crippen LogP contribution in [0.25, 0.3) is 10.9 Å². The molecule has 0 aliphatic carbocycles. The molecule has 9 heteroatoms. The second-order valence-electron chi connectivity index (χ2n) is 9.08. The summed E-state index contributed by atoms with van der Waals surface area (Å²) in [6, 6.07) is 12.8. The van der Waals surface area contributed by atoms with Gasteiger partial charge in [0.15, 0.2) is 0 Å². The number of nitrogens with one attached hydrogen (secondary N) is 1. The molecule has 0 aliphatic rings. The van der Waals surface area contributed by atoms with Gasteiger partial charge >= 0.3 is 18.0 Å². The van der Waals surface area contributed by atoms with E-state index in [0.717, 1.165) is 5.39 Å². The first-order valence-electron chi connectivity index (χ1n) is 11.0. The maximum Gasteiger partial charge on any atom is 0.408 e. The van der Waals surface area contributed by atoms with Crippen LogP contribution in [0.1, 0.15) is 37.5 Å². The molecule has 1 aromatic heterocycles. The number of carboxylic acids is 1. The Morgan fingerprint density at radius 3 is 2.34 bits per heavy atom. The highest BCUT2D eigenvalue weighted by Gasteiger charge is 2.27. The number of carbonyl (C=O) groups excluding carboxylic acids is 3. The van der Waals surface area contributed by atoms with Gasteiger partial charge < -0.3 is 19.9 Å². The van der Waals surface area contributed by atoms with Gasteiger partial charge in [-0.2, -0.15) is 0 Å². The largest absolute Gasteiger partial charge is 0.481 e. The topological polar surface area (TPSA) is 124 Å². The summed E-state index contributed by atoms with van der Waals surface area (Å²) in [7, 11) is 0. The van der Waals surface area contributed by atoms with E-state index in [1.54, 1.807) is 63.4 Å². The van der Waals surface area contributed by atoms with E-state index in [9.17, 15) is 19.2 Å². The van der Waals surface area contributed by atoms with Gasteiger partial charge in [-0.25, -0.2) is 9.59 Å². The number of aromatic nitrogens is 1. The highest BCUT2D eigenvalue weighted by molar-refractivity contribution is 5.90. The Morgan fingerprint density at radius 2 is 1.71 bits per heavy atom. The number of hydrogen-bond donors (Lipinski definition) is 2. The number of benzene rings is 2. The second-order valence-corrected chi connectivity index (χ2v) is 9.08. The molecule has 3 rings (SSSR count). The van der Waals surface area contributed by atoms with Crippen LogP contribution in [-0.4, -0.2) is 45.8 Å². The number of alkyl carbamates (subject to hydrolysis) is 1. The van der Waals surface area contributed by atoms with E-state index in [1.165, 1.54) is 4.57 Å². The van der Waals surface area contributed by atoms with E-state index in [1.807, 2.05) is 12.1 Å². The number of rotatable bonds is 9. The van der Waals surface area contributed by atoms with Gasteiger partial charge in [0, 0.05) is 18.0 Å². The van der Waals surface area contributed by atoms with E-state index in [0.29, 0.717) is 28.6 Å². The third-order valence-corrected chi connectivity index (χ3v) is 5.10.